The van der Waals surface area contributed by atoms with Gasteiger partial charge in [-0.15, -0.1) is 24.0 Å². The fraction of sp³-hybridized carbons (Fsp3) is 0.462. The van der Waals surface area contributed by atoms with Crippen LogP contribution in [0.2, 0.25) is 0 Å². The molecule has 1 unspecified atom stereocenters. The van der Waals surface area contributed by atoms with Gasteiger partial charge < -0.3 is 16.2 Å². The Morgan fingerprint density at radius 3 is 2.44 bits per heavy atom. The third-order valence-electron chi connectivity index (χ3n) is 2.41. The number of benzene rings is 1. The zero-order chi connectivity index (χ0) is 12.7. The minimum absolute atomic E-state index is 0. The van der Waals surface area contributed by atoms with Crippen LogP contribution in [-0.4, -0.2) is 30.3 Å². The fourth-order valence-corrected chi connectivity index (χ4v) is 1.54. The summed E-state index contributed by atoms with van der Waals surface area (Å²) in [7, 11) is 0. The number of nitrogens with two attached hydrogens (primary N) is 1. The van der Waals surface area contributed by atoms with Gasteiger partial charge in [0.2, 0.25) is 0 Å². The lowest BCUT2D eigenvalue weighted by molar-refractivity contribution is 0.268. The zero-order valence-electron chi connectivity index (χ0n) is 10.8. The third kappa shape index (κ3) is 6.20. The van der Waals surface area contributed by atoms with Gasteiger partial charge in [0.15, 0.2) is 5.96 Å². The minimum atomic E-state index is 0. The fourth-order valence-electron chi connectivity index (χ4n) is 1.54. The normalized spacial score (nSPS) is 13.0. The molecule has 4 N–H and O–H groups in total. The highest BCUT2D eigenvalue weighted by molar-refractivity contribution is 14.0. The standard InChI is InChI=1S/C13H21N3O.HI/c1-10(2)16-13(14)15-8-12(9-17)11-6-4-3-5-7-11;/h3-7,10,12,17H,8-9H2,1-2H3,(H3,14,15,16);1H. The van der Waals surface area contributed by atoms with E-state index < -0.39 is 0 Å². The number of aliphatic hydroxyl groups excluding tert-OH is 1. The van der Waals surface area contributed by atoms with E-state index in [0.717, 1.165) is 5.56 Å². The second-order valence-electron chi connectivity index (χ2n) is 4.32. The van der Waals surface area contributed by atoms with Crippen LogP contribution in [0.3, 0.4) is 0 Å². The SMILES string of the molecule is CC(C)NC(N)=NCC(CO)c1ccccc1.I. The van der Waals surface area contributed by atoms with E-state index in [-0.39, 0.29) is 42.5 Å². The Balaban J connectivity index is 0.00000289. The van der Waals surface area contributed by atoms with Gasteiger partial charge in [0.1, 0.15) is 0 Å². The molecule has 0 aliphatic heterocycles. The molecule has 0 spiro atoms. The highest BCUT2D eigenvalue weighted by Crippen LogP contribution is 2.14. The Kier molecular flexibility index (Phi) is 8.74. The van der Waals surface area contributed by atoms with Crippen LogP contribution in [0.4, 0.5) is 0 Å². The molecule has 0 aliphatic carbocycles. The topological polar surface area (TPSA) is 70.6 Å². The van der Waals surface area contributed by atoms with Crippen molar-refractivity contribution in [3.8, 4) is 0 Å². The second-order valence-corrected chi connectivity index (χ2v) is 4.32. The summed E-state index contributed by atoms with van der Waals surface area (Å²) < 4.78 is 0. The molecule has 5 heteroatoms. The van der Waals surface area contributed by atoms with E-state index in [0.29, 0.717) is 12.5 Å². The third-order valence-corrected chi connectivity index (χ3v) is 2.41. The van der Waals surface area contributed by atoms with Gasteiger partial charge >= 0.3 is 0 Å². The lowest BCUT2D eigenvalue weighted by Crippen LogP contribution is -2.37. The van der Waals surface area contributed by atoms with Crippen molar-refractivity contribution in [2.45, 2.75) is 25.8 Å². The molecular weight excluding hydrogens is 341 g/mol. The second kappa shape index (κ2) is 9.16. The van der Waals surface area contributed by atoms with Crippen LogP contribution in [0.15, 0.2) is 35.3 Å². The molecule has 1 aromatic rings. The number of aliphatic imine (C=N–C) groups is 1. The summed E-state index contributed by atoms with van der Waals surface area (Å²) in [6.45, 7) is 4.57. The molecule has 1 atom stereocenters. The molecule has 0 heterocycles. The molecule has 0 saturated heterocycles. The Morgan fingerprint density at radius 1 is 1.33 bits per heavy atom. The van der Waals surface area contributed by atoms with E-state index in [2.05, 4.69) is 10.3 Å². The van der Waals surface area contributed by atoms with Crippen LogP contribution in [0.1, 0.15) is 25.3 Å². The quantitative estimate of drug-likeness (QED) is 0.424. The van der Waals surface area contributed by atoms with Crippen molar-refractivity contribution in [2.75, 3.05) is 13.2 Å². The average Bonchev–Trinajstić information content (AvgIpc) is 2.30. The monoisotopic (exact) mass is 363 g/mol. The van der Waals surface area contributed by atoms with Crippen molar-refractivity contribution in [3.63, 3.8) is 0 Å². The van der Waals surface area contributed by atoms with E-state index >= 15 is 0 Å². The van der Waals surface area contributed by atoms with Gasteiger partial charge in [-0.2, -0.15) is 0 Å². The molecule has 0 aromatic heterocycles. The smallest absolute Gasteiger partial charge is 0.188 e. The van der Waals surface area contributed by atoms with E-state index in [1.807, 2.05) is 44.2 Å². The van der Waals surface area contributed by atoms with Gasteiger partial charge in [0.05, 0.1) is 13.2 Å². The molecule has 1 rings (SSSR count). The summed E-state index contributed by atoms with van der Waals surface area (Å²) in [5.74, 6) is 0.429. The first kappa shape index (κ1) is 17.2. The highest BCUT2D eigenvalue weighted by atomic mass is 127. The lowest BCUT2D eigenvalue weighted by atomic mass is 10.0. The predicted molar refractivity (Wildman–Crippen MR) is 86.4 cm³/mol. The van der Waals surface area contributed by atoms with Gasteiger partial charge in [-0.25, -0.2) is 0 Å². The van der Waals surface area contributed by atoms with Crippen LogP contribution in [0.5, 0.6) is 0 Å². The van der Waals surface area contributed by atoms with Crippen molar-refractivity contribution in [3.05, 3.63) is 35.9 Å². The molecule has 0 radical (unpaired) electrons. The van der Waals surface area contributed by atoms with E-state index in [9.17, 15) is 5.11 Å². The number of halogens is 1. The number of nitrogens with one attached hydrogen (secondary N) is 1. The number of hydrogen-bond donors (Lipinski definition) is 3. The molecule has 0 fully saturated rings. The van der Waals surface area contributed by atoms with E-state index in [1.165, 1.54) is 0 Å². The molecule has 102 valence electrons. The molecule has 1 aromatic carbocycles. The van der Waals surface area contributed by atoms with Crippen molar-refractivity contribution < 1.29 is 5.11 Å². The predicted octanol–water partition coefficient (Wildman–Crippen LogP) is 1.69. The Bertz CT molecular complexity index is 355. The molecule has 4 nitrogen and oxygen atoms in total. The maximum absolute atomic E-state index is 9.34. The van der Waals surface area contributed by atoms with Crippen LogP contribution >= 0.6 is 24.0 Å². The van der Waals surface area contributed by atoms with Gasteiger partial charge in [0.25, 0.3) is 0 Å². The number of hydrogen-bond acceptors (Lipinski definition) is 2. The summed E-state index contributed by atoms with van der Waals surface area (Å²) in [5, 5.41) is 12.4. The van der Waals surface area contributed by atoms with Crippen molar-refractivity contribution in [1.82, 2.24) is 5.32 Å². The number of nitrogens with zero attached hydrogens (tertiary/aromatic N) is 1. The summed E-state index contributed by atoms with van der Waals surface area (Å²) in [5.41, 5.74) is 6.79. The van der Waals surface area contributed by atoms with E-state index in [4.69, 9.17) is 5.73 Å². The maximum Gasteiger partial charge on any atom is 0.188 e. The van der Waals surface area contributed by atoms with Gasteiger partial charge in [-0.05, 0) is 19.4 Å². The molecule has 0 saturated carbocycles. The minimum Gasteiger partial charge on any atom is -0.396 e. The van der Waals surface area contributed by atoms with Crippen LogP contribution in [0, 0.1) is 0 Å². The molecule has 0 amide bonds. The molecule has 0 bridgehead atoms. The summed E-state index contributed by atoms with van der Waals surface area (Å²) in [4.78, 5) is 4.24. The summed E-state index contributed by atoms with van der Waals surface area (Å²) in [6.07, 6.45) is 0. The first-order valence-electron chi connectivity index (χ1n) is 5.85. The number of aliphatic hydroxyl groups is 1. The molecular formula is C13H22IN3O. The van der Waals surface area contributed by atoms with Crippen molar-refractivity contribution in [2.24, 2.45) is 10.7 Å². The highest BCUT2D eigenvalue weighted by Gasteiger charge is 2.09. The number of rotatable bonds is 5. The molecule has 0 aliphatic rings. The summed E-state index contributed by atoms with van der Waals surface area (Å²) >= 11 is 0. The van der Waals surface area contributed by atoms with Crippen LogP contribution in [0.25, 0.3) is 0 Å². The van der Waals surface area contributed by atoms with Crippen LogP contribution in [-0.2, 0) is 0 Å². The Labute approximate surface area is 126 Å². The first-order valence-corrected chi connectivity index (χ1v) is 5.85. The van der Waals surface area contributed by atoms with Gasteiger partial charge in [0, 0.05) is 12.0 Å². The first-order chi connectivity index (χ1) is 8.13. The lowest BCUT2D eigenvalue weighted by Gasteiger charge is -2.13. The van der Waals surface area contributed by atoms with Crippen LogP contribution < -0.4 is 11.1 Å². The maximum atomic E-state index is 9.34. The average molecular weight is 363 g/mol. The Morgan fingerprint density at radius 2 is 1.94 bits per heavy atom. The summed E-state index contributed by atoms with van der Waals surface area (Å²) in [6, 6.07) is 10.1. The number of guanidine groups is 1. The van der Waals surface area contributed by atoms with Gasteiger partial charge in [-0.3, -0.25) is 4.99 Å². The van der Waals surface area contributed by atoms with E-state index in [1.54, 1.807) is 0 Å². The molecule has 18 heavy (non-hydrogen) atoms. The van der Waals surface area contributed by atoms with Crippen molar-refractivity contribution in [1.29, 1.82) is 0 Å². The zero-order valence-corrected chi connectivity index (χ0v) is 13.2. The largest absolute Gasteiger partial charge is 0.396 e. The van der Waals surface area contributed by atoms with Gasteiger partial charge in [-0.1, -0.05) is 30.3 Å². The van der Waals surface area contributed by atoms with Crippen molar-refractivity contribution >= 4 is 29.9 Å². The Hall–Kier alpha value is -0.820.